The summed E-state index contributed by atoms with van der Waals surface area (Å²) in [6.45, 7) is 9.17. The highest BCUT2D eigenvalue weighted by atomic mass is 16.5. The molecule has 134 valence electrons. The third-order valence-electron chi connectivity index (χ3n) is 7.03. The summed E-state index contributed by atoms with van der Waals surface area (Å²) in [4.78, 5) is 12.5. The van der Waals surface area contributed by atoms with Crippen LogP contribution in [0, 0.1) is 22.7 Å². The van der Waals surface area contributed by atoms with Crippen molar-refractivity contribution in [2.45, 2.75) is 98.3 Å². The SMILES string of the molecule is CCC(C)(C)C(=O)OCC(C)(C1CCCCC1)C1CCCCC1. The molecule has 2 aliphatic carbocycles. The molecule has 0 bridgehead atoms. The minimum atomic E-state index is -0.347. The zero-order valence-electron chi connectivity index (χ0n) is 16.0. The molecular formula is C21H38O2. The Morgan fingerprint density at radius 1 is 0.870 bits per heavy atom. The third kappa shape index (κ3) is 4.51. The Bertz CT molecular complexity index is 355. The molecule has 0 radical (unpaired) electrons. The first-order chi connectivity index (χ1) is 10.9. The summed E-state index contributed by atoms with van der Waals surface area (Å²) in [7, 11) is 0. The van der Waals surface area contributed by atoms with Gasteiger partial charge in [0.1, 0.15) is 0 Å². The summed E-state index contributed by atoms with van der Waals surface area (Å²) in [6, 6.07) is 0. The van der Waals surface area contributed by atoms with Crippen LogP contribution in [0.15, 0.2) is 0 Å². The smallest absolute Gasteiger partial charge is 0.311 e. The topological polar surface area (TPSA) is 26.3 Å². The molecule has 2 fully saturated rings. The van der Waals surface area contributed by atoms with E-state index in [1.54, 1.807) is 0 Å². The second-order valence-corrected chi connectivity index (χ2v) is 8.99. The number of esters is 1. The van der Waals surface area contributed by atoms with E-state index < -0.39 is 0 Å². The van der Waals surface area contributed by atoms with Crippen molar-refractivity contribution < 1.29 is 9.53 Å². The molecule has 2 rings (SSSR count). The van der Waals surface area contributed by atoms with Gasteiger partial charge in [-0.3, -0.25) is 4.79 Å². The van der Waals surface area contributed by atoms with Gasteiger partial charge in [-0.05, 0) is 57.8 Å². The fourth-order valence-corrected chi connectivity index (χ4v) is 4.65. The minimum Gasteiger partial charge on any atom is -0.465 e. The van der Waals surface area contributed by atoms with Crippen LogP contribution >= 0.6 is 0 Å². The molecule has 0 aromatic heterocycles. The van der Waals surface area contributed by atoms with Crippen molar-refractivity contribution in [3.8, 4) is 0 Å². The molecule has 2 nitrogen and oxygen atoms in total. The summed E-state index contributed by atoms with van der Waals surface area (Å²) in [5.41, 5.74) is -0.152. The molecule has 0 spiro atoms. The monoisotopic (exact) mass is 322 g/mol. The van der Waals surface area contributed by atoms with E-state index >= 15 is 0 Å². The maximum atomic E-state index is 12.5. The average molecular weight is 323 g/mol. The van der Waals surface area contributed by atoms with Gasteiger partial charge >= 0.3 is 5.97 Å². The van der Waals surface area contributed by atoms with Crippen LogP contribution in [0.2, 0.25) is 0 Å². The van der Waals surface area contributed by atoms with Gasteiger partial charge in [-0.1, -0.05) is 52.4 Å². The van der Waals surface area contributed by atoms with Gasteiger partial charge in [0, 0.05) is 5.41 Å². The minimum absolute atomic E-state index is 0.00200. The molecule has 0 aromatic carbocycles. The summed E-state index contributed by atoms with van der Waals surface area (Å²) in [6.07, 6.45) is 14.4. The largest absolute Gasteiger partial charge is 0.465 e. The van der Waals surface area contributed by atoms with E-state index in [2.05, 4.69) is 13.8 Å². The van der Waals surface area contributed by atoms with E-state index in [1.807, 2.05) is 13.8 Å². The summed E-state index contributed by atoms with van der Waals surface area (Å²) in [5.74, 6) is 1.49. The van der Waals surface area contributed by atoms with Gasteiger partial charge in [-0.2, -0.15) is 0 Å². The van der Waals surface area contributed by atoms with Gasteiger partial charge in [-0.15, -0.1) is 0 Å². The summed E-state index contributed by atoms with van der Waals surface area (Å²) >= 11 is 0. The van der Waals surface area contributed by atoms with Crippen LogP contribution in [0.4, 0.5) is 0 Å². The maximum absolute atomic E-state index is 12.5. The Labute approximate surface area is 143 Å². The third-order valence-corrected chi connectivity index (χ3v) is 7.03. The molecule has 0 heterocycles. The van der Waals surface area contributed by atoms with Crippen LogP contribution < -0.4 is 0 Å². The lowest BCUT2D eigenvalue weighted by atomic mass is 9.60. The summed E-state index contributed by atoms with van der Waals surface area (Å²) in [5, 5.41) is 0. The van der Waals surface area contributed by atoms with E-state index in [4.69, 9.17) is 4.74 Å². The van der Waals surface area contributed by atoms with Crippen LogP contribution in [-0.2, 0) is 9.53 Å². The van der Waals surface area contributed by atoms with Crippen LogP contribution in [0.5, 0.6) is 0 Å². The molecule has 0 aromatic rings. The predicted molar refractivity (Wildman–Crippen MR) is 96.3 cm³/mol. The molecule has 0 unspecified atom stereocenters. The van der Waals surface area contributed by atoms with Gasteiger partial charge in [0.05, 0.1) is 12.0 Å². The fourth-order valence-electron chi connectivity index (χ4n) is 4.65. The van der Waals surface area contributed by atoms with E-state index in [9.17, 15) is 4.79 Å². The maximum Gasteiger partial charge on any atom is 0.311 e. The lowest BCUT2D eigenvalue weighted by molar-refractivity contribution is -0.161. The van der Waals surface area contributed by atoms with Crippen LogP contribution in [0.1, 0.15) is 98.3 Å². The molecule has 2 aliphatic rings. The van der Waals surface area contributed by atoms with Crippen molar-refractivity contribution in [2.75, 3.05) is 6.61 Å². The number of carbonyl (C=O) groups is 1. The van der Waals surface area contributed by atoms with E-state index in [0.29, 0.717) is 6.61 Å². The van der Waals surface area contributed by atoms with Crippen molar-refractivity contribution in [1.82, 2.24) is 0 Å². The molecule has 0 atom stereocenters. The lowest BCUT2D eigenvalue weighted by Crippen LogP contribution is -2.43. The van der Waals surface area contributed by atoms with Gasteiger partial charge in [-0.25, -0.2) is 0 Å². The Kier molecular flexibility index (Phi) is 6.57. The predicted octanol–water partition coefficient (Wildman–Crippen LogP) is 6.13. The zero-order valence-corrected chi connectivity index (χ0v) is 16.0. The van der Waals surface area contributed by atoms with E-state index in [0.717, 1.165) is 18.3 Å². The van der Waals surface area contributed by atoms with E-state index in [1.165, 1.54) is 64.2 Å². The molecule has 0 aliphatic heterocycles. The van der Waals surface area contributed by atoms with Crippen molar-refractivity contribution >= 4 is 5.97 Å². The quantitative estimate of drug-likeness (QED) is 0.550. The van der Waals surface area contributed by atoms with Crippen molar-refractivity contribution in [1.29, 1.82) is 0 Å². The Morgan fingerprint density at radius 3 is 1.70 bits per heavy atom. The van der Waals surface area contributed by atoms with Gasteiger partial charge in [0.15, 0.2) is 0 Å². The van der Waals surface area contributed by atoms with Crippen molar-refractivity contribution in [3.63, 3.8) is 0 Å². The second kappa shape index (κ2) is 8.03. The van der Waals surface area contributed by atoms with E-state index in [-0.39, 0.29) is 16.8 Å². The highest BCUT2D eigenvalue weighted by Gasteiger charge is 2.43. The molecule has 2 heteroatoms. The first kappa shape index (κ1) is 18.8. The van der Waals surface area contributed by atoms with Gasteiger partial charge in [0.2, 0.25) is 0 Å². The number of ether oxygens (including phenoxy) is 1. The second-order valence-electron chi connectivity index (χ2n) is 8.99. The number of rotatable bonds is 6. The van der Waals surface area contributed by atoms with Crippen molar-refractivity contribution in [2.24, 2.45) is 22.7 Å². The summed E-state index contributed by atoms with van der Waals surface area (Å²) < 4.78 is 5.93. The molecule has 2 saturated carbocycles. The standard InChI is InChI=1S/C21H38O2/c1-5-20(2,3)19(22)23-16-21(4,17-12-8-6-9-13-17)18-14-10-7-11-15-18/h17-18H,5-16H2,1-4H3. The fraction of sp³-hybridized carbons (Fsp3) is 0.952. The Balaban J connectivity index is 2.07. The zero-order chi connectivity index (χ0) is 16.9. The Hall–Kier alpha value is -0.530. The molecule has 0 amide bonds. The van der Waals surface area contributed by atoms with Gasteiger partial charge < -0.3 is 4.74 Å². The number of hydrogen-bond donors (Lipinski definition) is 0. The molecule has 0 saturated heterocycles. The highest BCUT2D eigenvalue weighted by molar-refractivity contribution is 5.75. The van der Waals surface area contributed by atoms with Crippen LogP contribution in [-0.4, -0.2) is 12.6 Å². The number of carbonyl (C=O) groups excluding carboxylic acids is 1. The van der Waals surface area contributed by atoms with Crippen LogP contribution in [0.3, 0.4) is 0 Å². The first-order valence-corrected chi connectivity index (χ1v) is 10.1. The molecule has 0 N–H and O–H groups in total. The van der Waals surface area contributed by atoms with Crippen molar-refractivity contribution in [3.05, 3.63) is 0 Å². The average Bonchev–Trinajstić information content (AvgIpc) is 2.60. The molecular weight excluding hydrogens is 284 g/mol. The number of hydrogen-bond acceptors (Lipinski definition) is 2. The normalized spacial score (nSPS) is 22.1. The highest BCUT2D eigenvalue weighted by Crippen LogP contribution is 2.49. The lowest BCUT2D eigenvalue weighted by Gasteiger charge is -2.47. The molecule has 23 heavy (non-hydrogen) atoms. The first-order valence-electron chi connectivity index (χ1n) is 10.1. The van der Waals surface area contributed by atoms with Crippen LogP contribution in [0.25, 0.3) is 0 Å². The Morgan fingerprint density at radius 2 is 1.30 bits per heavy atom. The van der Waals surface area contributed by atoms with Gasteiger partial charge in [0.25, 0.3) is 0 Å².